The fourth-order valence-electron chi connectivity index (χ4n) is 12.0. The molecule has 33 heteroatoms. The van der Waals surface area contributed by atoms with Crippen molar-refractivity contribution in [1.29, 1.82) is 0 Å². The number of carbonyl (C=O) groups excluding carboxylic acids is 15. The van der Waals surface area contributed by atoms with Gasteiger partial charge in [0.15, 0.2) is 5.78 Å². The summed E-state index contributed by atoms with van der Waals surface area (Å²) in [5.41, 5.74) is -5.38. The number of amides is 14. The lowest BCUT2D eigenvalue weighted by molar-refractivity contribution is -0.145. The maximum atomic E-state index is 14.6. The van der Waals surface area contributed by atoms with Crippen molar-refractivity contribution in [3.63, 3.8) is 0 Å². The van der Waals surface area contributed by atoms with Gasteiger partial charge < -0.3 is 94.7 Å². The van der Waals surface area contributed by atoms with E-state index < -0.39 is 195 Å². The summed E-state index contributed by atoms with van der Waals surface area (Å²) in [4.78, 5) is 214. The molecule has 117 heavy (non-hydrogen) atoms. The molecule has 0 rings (SSSR count). The quantitative estimate of drug-likeness (QED) is 0.0305. The average Bonchev–Trinajstić information content (AvgIpc) is 0.812. The van der Waals surface area contributed by atoms with Crippen LogP contribution in [0.4, 0.5) is 0 Å². The van der Waals surface area contributed by atoms with Gasteiger partial charge in [0.25, 0.3) is 23.6 Å². The molecular weight excluding hydrogens is 1510 g/mol. The lowest BCUT2D eigenvalue weighted by atomic mass is 9.78. The summed E-state index contributed by atoms with van der Waals surface area (Å²) in [5.74, 6) is -16.6. The second-order valence-electron chi connectivity index (χ2n) is 35.1. The van der Waals surface area contributed by atoms with E-state index in [2.05, 4.69) is 74.4 Å². The molecule has 0 aliphatic carbocycles. The van der Waals surface area contributed by atoms with E-state index in [0.717, 1.165) is 0 Å². The molecule has 0 aliphatic rings. The van der Waals surface area contributed by atoms with Crippen LogP contribution >= 0.6 is 0 Å². The molecule has 1 unspecified atom stereocenters. The van der Waals surface area contributed by atoms with Gasteiger partial charge in [0, 0.05) is 24.4 Å². The van der Waals surface area contributed by atoms with Crippen LogP contribution in [-0.2, 0) is 71.9 Å². The molecule has 14 atom stereocenters. The van der Waals surface area contributed by atoms with Crippen molar-refractivity contribution in [2.24, 2.45) is 52.8 Å². The van der Waals surface area contributed by atoms with Gasteiger partial charge >= 0.3 is 0 Å². The molecule has 0 heterocycles. The van der Waals surface area contributed by atoms with E-state index in [9.17, 15) is 87.2 Å². The fourth-order valence-corrected chi connectivity index (χ4v) is 12.0. The number of Topliss-reactive ketones (excluding diaryl/α,β-unsaturated/α-hetero) is 1. The van der Waals surface area contributed by atoms with Gasteiger partial charge in [0.2, 0.25) is 59.1 Å². The van der Waals surface area contributed by atoms with Crippen LogP contribution < -0.4 is 74.4 Å². The fraction of sp³-hybridized carbons (Fsp3) is 0.726. The second kappa shape index (κ2) is 48.2. The first kappa shape index (κ1) is 108. The first-order chi connectivity index (χ1) is 53.5. The van der Waals surface area contributed by atoms with Crippen LogP contribution in [0.15, 0.2) is 45.1 Å². The smallest absolute Gasteiger partial charge is 0.268 e. The number of hydrogen-bond acceptors (Lipinski definition) is 19. The second-order valence-corrected chi connectivity index (χ2v) is 35.1. The molecular formula is C84H147N15O18. The van der Waals surface area contributed by atoms with E-state index in [4.69, 9.17) is 0 Å². The number of hydrogen-bond donors (Lipinski definition) is 17. The van der Waals surface area contributed by atoms with Gasteiger partial charge in [-0.2, -0.15) is 0 Å². The highest BCUT2D eigenvalue weighted by atomic mass is 16.3. The normalized spacial score (nSPS) is 16.3. The number of ketones is 1. The third-order valence-corrected chi connectivity index (χ3v) is 20.8. The Labute approximate surface area is 695 Å². The molecule has 0 aliphatic heterocycles. The Balaban J connectivity index is 6.93. The van der Waals surface area contributed by atoms with Crippen LogP contribution in [0, 0.1) is 52.8 Å². The molecule has 14 amide bonds. The Hall–Kier alpha value is -8.95. The number of rotatable bonds is 47. The summed E-state index contributed by atoms with van der Waals surface area (Å²) in [5, 5.41) is 70.4. The maximum Gasteiger partial charge on any atom is 0.268 e. The third-order valence-electron chi connectivity index (χ3n) is 20.8. The molecule has 17 N–H and O–H groups in total. The van der Waals surface area contributed by atoms with Crippen LogP contribution in [0.3, 0.4) is 0 Å². The summed E-state index contributed by atoms with van der Waals surface area (Å²) in [7, 11) is 3.75. The van der Waals surface area contributed by atoms with Gasteiger partial charge in [-0.3, -0.25) is 71.9 Å². The Morgan fingerprint density at radius 1 is 0.368 bits per heavy atom. The van der Waals surface area contributed by atoms with Crippen LogP contribution in [0.2, 0.25) is 0 Å². The number of allylic oxidation sites excluding steroid dienone is 4. The summed E-state index contributed by atoms with van der Waals surface area (Å²) in [6.45, 7) is 49.4. The number of likely N-dealkylation sites (N-methyl/N-ethyl adjacent to an activating group) is 1. The molecule has 0 aromatic heterocycles. The number of carbonyl (C=O) groups is 15. The maximum absolute atomic E-state index is 14.6. The first-order valence-electron chi connectivity index (χ1n) is 40.9. The zero-order valence-electron chi connectivity index (χ0n) is 76.1. The molecule has 0 saturated heterocycles. The highest BCUT2D eigenvalue weighted by Gasteiger charge is 2.46. The van der Waals surface area contributed by atoms with Crippen LogP contribution in [0.5, 0.6) is 0 Å². The predicted molar refractivity (Wildman–Crippen MR) is 449 cm³/mol. The van der Waals surface area contributed by atoms with Crippen molar-refractivity contribution in [3.8, 4) is 0 Å². The Kier molecular flexibility index (Phi) is 44.5. The summed E-state index contributed by atoms with van der Waals surface area (Å²) in [6, 6.07) is -13.8. The molecule has 0 aromatic rings. The lowest BCUT2D eigenvalue weighted by Crippen LogP contribution is -2.66. The lowest BCUT2D eigenvalue weighted by Gasteiger charge is -2.35. The molecule has 0 radical (unpaired) electrons. The van der Waals surface area contributed by atoms with Crippen molar-refractivity contribution >= 4 is 88.5 Å². The highest BCUT2D eigenvalue weighted by Crippen LogP contribution is 2.28. The predicted octanol–water partition coefficient (Wildman–Crippen LogP) is 3.75. The molecule has 0 fully saturated rings. The van der Waals surface area contributed by atoms with E-state index in [0.29, 0.717) is 29.7 Å². The van der Waals surface area contributed by atoms with Gasteiger partial charge in [-0.05, 0) is 195 Å². The monoisotopic (exact) mass is 1650 g/mol. The number of aliphatic hydroxyl groups is 3. The summed E-state index contributed by atoms with van der Waals surface area (Å²) in [6.07, 6.45) is 0.171. The average molecular weight is 1660 g/mol. The Morgan fingerprint density at radius 2 is 0.709 bits per heavy atom. The molecule has 0 aromatic carbocycles. The van der Waals surface area contributed by atoms with Gasteiger partial charge in [0.05, 0.1) is 17.3 Å². The zero-order chi connectivity index (χ0) is 91.5. The summed E-state index contributed by atoms with van der Waals surface area (Å²) >= 11 is 0. The standard InChI is InChI=1S/C84H147N15O18/c1-34-46(17)60(94-78(112)64(51(22)54(25)100)96-81(115)82(26,27)67(101)50(21)38-40(5)6)74(108)86-53(24)69(103)92-62(48(19)36-3)76(110)91-59(45(15)16)73(107)93-63(49(20)37-4)77(111)97-66(84(30,31)117)80(114)98-65(83(28,29)116)79(113)95-61(47(18)35-2)75(109)85-52(23)68(102)88-57(43(11)12)71(105)90-58(44(13)14)72(106)89-56(42(9)10)70(104)87-55(41(7)8)39-99(32)33/h40-41,43-45,49-55,57-59,63-66,100,116-117H,34-39H2,1-33H3,(H,85,109)(H,86,108)(H,87,104)(H,88,102)(H,89,106)(H,90,105)(H,91,110)(H,92,103)(H,93,107)(H,94,112)(H,95,113)(H,96,115)(H,97,111)(H,98,114)/b60-46-,61-47-,62-48+/t49-,50-,51-,52+,53-,54?,55+,57+,58-,59+,63+,64-,65+,66-/m0/s1. The SMILES string of the molecule is CC/C(C)=C(\NC(=O)[C@@H](NC(=O)C(C)(C)C(=O)[C@@H](C)CC(C)C)[C@@H](C)C(C)O)C(=O)N[C@@H](C)C(=O)N/C(C(=O)N[C@@H](C(=O)N[C@@H](C(=O)N[C@@H](C(=O)N[C@H](C(=O)N/C(C(=O)N[C@H](C)C(=O)N[C@@H](C(=O)N[C@H](C(=O)NC(C(=O)N[C@H](CN(C)C)C(C)C)=C(C)C)C(C)C)C(C)C)=C(/C)CC)C(C)(C)O)C(C)(C)O)[C@@H](C)CC)C(C)C)=C(\C)CC. The van der Waals surface area contributed by atoms with Crippen LogP contribution in [0.25, 0.3) is 0 Å². The molecule has 33 nitrogen and oxygen atoms in total. The molecule has 0 bridgehead atoms. The highest BCUT2D eigenvalue weighted by molar-refractivity contribution is 6.09. The Bertz CT molecular complexity index is 3650. The number of nitrogens with one attached hydrogen (secondary N) is 14. The van der Waals surface area contributed by atoms with E-state index in [1.54, 1.807) is 111 Å². The molecule has 0 spiro atoms. The third kappa shape index (κ3) is 33.8. The number of aliphatic hydroxyl groups excluding tert-OH is 1. The minimum atomic E-state index is -2.15. The van der Waals surface area contributed by atoms with Gasteiger partial charge in [-0.25, -0.2) is 0 Å². The Morgan fingerprint density at radius 3 is 1.09 bits per heavy atom. The van der Waals surface area contributed by atoms with E-state index in [1.165, 1.54) is 76.2 Å². The van der Waals surface area contributed by atoms with Crippen molar-refractivity contribution < 1.29 is 87.2 Å². The van der Waals surface area contributed by atoms with Crippen molar-refractivity contribution in [2.45, 2.75) is 324 Å². The van der Waals surface area contributed by atoms with Crippen LogP contribution in [-0.4, -0.2) is 207 Å². The summed E-state index contributed by atoms with van der Waals surface area (Å²) < 4.78 is 0. The minimum absolute atomic E-state index is 0.0137. The van der Waals surface area contributed by atoms with Crippen molar-refractivity contribution in [2.75, 3.05) is 20.6 Å². The van der Waals surface area contributed by atoms with E-state index in [1.807, 2.05) is 46.7 Å². The van der Waals surface area contributed by atoms with Crippen molar-refractivity contribution in [1.82, 2.24) is 79.3 Å². The largest absolute Gasteiger partial charge is 0.393 e. The zero-order valence-corrected chi connectivity index (χ0v) is 76.1. The van der Waals surface area contributed by atoms with Gasteiger partial charge in [-0.1, -0.05) is 124 Å². The van der Waals surface area contributed by atoms with Gasteiger partial charge in [-0.15, -0.1) is 0 Å². The van der Waals surface area contributed by atoms with Gasteiger partial charge in [0.1, 0.15) is 82.6 Å². The van der Waals surface area contributed by atoms with E-state index in [-0.39, 0.29) is 77.7 Å². The molecule has 0 saturated carbocycles. The topological polar surface area (TPSA) is 488 Å². The molecule has 666 valence electrons. The van der Waals surface area contributed by atoms with Crippen molar-refractivity contribution in [3.05, 3.63) is 45.1 Å². The minimum Gasteiger partial charge on any atom is -0.393 e. The first-order valence-corrected chi connectivity index (χ1v) is 40.9. The van der Waals surface area contributed by atoms with Crippen LogP contribution in [0.1, 0.15) is 247 Å². The van der Waals surface area contributed by atoms with E-state index >= 15 is 0 Å². The number of nitrogens with zero attached hydrogens (tertiary/aromatic N) is 1.